The first-order valence-electron chi connectivity index (χ1n) is 8.80. The Labute approximate surface area is 159 Å². The Morgan fingerprint density at radius 3 is 2.74 bits per heavy atom. The molecule has 0 radical (unpaired) electrons. The summed E-state index contributed by atoms with van der Waals surface area (Å²) in [5.41, 5.74) is 3.49. The van der Waals surface area contributed by atoms with E-state index < -0.39 is 6.17 Å². The summed E-state index contributed by atoms with van der Waals surface area (Å²) in [6.45, 7) is 1.14. The number of anilines is 1. The summed E-state index contributed by atoms with van der Waals surface area (Å²) < 4.78 is 14.4. The van der Waals surface area contributed by atoms with Crippen LogP contribution in [-0.2, 0) is 0 Å². The average Bonchev–Trinajstić information content (AvgIpc) is 3.34. The van der Waals surface area contributed by atoms with Crippen LogP contribution in [0.5, 0.6) is 0 Å². The minimum Gasteiger partial charge on any atom is -0.354 e. The molecule has 1 aliphatic heterocycles. The third-order valence-electron chi connectivity index (χ3n) is 4.66. The number of pyridine rings is 3. The maximum Gasteiger partial charge on any atom is 0.171 e. The number of hydrogen-bond donors (Lipinski definition) is 0. The van der Waals surface area contributed by atoms with E-state index in [1.165, 1.54) is 0 Å². The van der Waals surface area contributed by atoms with Gasteiger partial charge >= 0.3 is 0 Å². The van der Waals surface area contributed by atoms with Crippen molar-refractivity contribution in [3.05, 3.63) is 55.0 Å². The Bertz CT molecular complexity index is 1080. The molecule has 0 aromatic carbocycles. The molecule has 4 aromatic rings. The van der Waals surface area contributed by atoms with Gasteiger partial charge < -0.3 is 4.90 Å². The van der Waals surface area contributed by atoms with E-state index >= 15 is 0 Å². The predicted octanol–water partition coefficient (Wildman–Crippen LogP) is 4.36. The fourth-order valence-electron chi connectivity index (χ4n) is 3.24. The second-order valence-corrected chi connectivity index (χ2v) is 7.55. The maximum absolute atomic E-state index is 13.4. The van der Waals surface area contributed by atoms with Crippen molar-refractivity contribution in [1.29, 1.82) is 0 Å². The van der Waals surface area contributed by atoms with Gasteiger partial charge in [-0.1, -0.05) is 0 Å². The van der Waals surface area contributed by atoms with E-state index in [-0.39, 0.29) is 0 Å². The SMILES string of the molecule is F[C@H]1CCN(c2ccc(-c3nc4nc(-c5cccnc5)ccc4s3)cn2)C1. The number of nitrogens with zero attached hydrogens (tertiary/aromatic N) is 5. The van der Waals surface area contributed by atoms with Crippen molar-refractivity contribution in [1.82, 2.24) is 19.9 Å². The highest BCUT2D eigenvalue weighted by Gasteiger charge is 2.22. The monoisotopic (exact) mass is 377 g/mol. The van der Waals surface area contributed by atoms with Crippen LogP contribution in [0.2, 0.25) is 0 Å². The standard InChI is InChI=1S/C20H16FN5S/c21-15-7-9-26(12-15)18-6-3-14(11-23-18)20-25-19-17(27-20)5-4-16(24-19)13-2-1-8-22-10-13/h1-6,8,10-11,15H,7,9,12H2/t15-/m0/s1. The number of thiazole rings is 1. The van der Waals surface area contributed by atoms with Crippen LogP contribution >= 0.6 is 11.3 Å². The minimum atomic E-state index is -0.754. The summed E-state index contributed by atoms with van der Waals surface area (Å²) in [6, 6.07) is 11.8. The van der Waals surface area contributed by atoms with Crippen molar-refractivity contribution >= 4 is 27.5 Å². The van der Waals surface area contributed by atoms with Gasteiger partial charge in [0.15, 0.2) is 5.65 Å². The first-order valence-corrected chi connectivity index (χ1v) is 9.61. The Hall–Kier alpha value is -2.93. The molecule has 1 aliphatic rings. The van der Waals surface area contributed by atoms with E-state index in [9.17, 15) is 4.39 Å². The molecule has 0 N–H and O–H groups in total. The molecule has 0 amide bonds. The number of alkyl halides is 1. The lowest BCUT2D eigenvalue weighted by Crippen LogP contribution is -2.20. The second-order valence-electron chi connectivity index (χ2n) is 6.52. The molecule has 1 fully saturated rings. The summed E-state index contributed by atoms with van der Waals surface area (Å²) in [7, 11) is 0. The van der Waals surface area contributed by atoms with Crippen molar-refractivity contribution in [3.63, 3.8) is 0 Å². The van der Waals surface area contributed by atoms with Crippen LogP contribution < -0.4 is 4.90 Å². The summed E-state index contributed by atoms with van der Waals surface area (Å²) in [5.74, 6) is 0.817. The molecule has 1 atom stereocenters. The molecule has 4 aromatic heterocycles. The van der Waals surface area contributed by atoms with Crippen LogP contribution in [0.4, 0.5) is 10.2 Å². The zero-order chi connectivity index (χ0) is 18.2. The molecule has 1 saturated heterocycles. The molecule has 0 spiro atoms. The van der Waals surface area contributed by atoms with Gasteiger partial charge in [-0.2, -0.15) is 0 Å². The number of fused-ring (bicyclic) bond motifs is 1. The maximum atomic E-state index is 13.4. The highest BCUT2D eigenvalue weighted by molar-refractivity contribution is 7.21. The van der Waals surface area contributed by atoms with E-state index in [4.69, 9.17) is 0 Å². The Morgan fingerprint density at radius 1 is 1.04 bits per heavy atom. The van der Waals surface area contributed by atoms with Gasteiger partial charge in [0.2, 0.25) is 0 Å². The molecular formula is C20H16FN5S. The van der Waals surface area contributed by atoms with Gasteiger partial charge in [0, 0.05) is 36.3 Å². The molecule has 5 nitrogen and oxygen atoms in total. The van der Waals surface area contributed by atoms with E-state index in [0.29, 0.717) is 13.0 Å². The third kappa shape index (κ3) is 3.14. The fraction of sp³-hybridized carbons (Fsp3) is 0.200. The Balaban J connectivity index is 1.45. The summed E-state index contributed by atoms with van der Waals surface area (Å²) in [4.78, 5) is 20.0. The first-order chi connectivity index (χ1) is 13.3. The van der Waals surface area contributed by atoms with E-state index in [2.05, 4.69) is 19.9 Å². The van der Waals surface area contributed by atoms with Gasteiger partial charge in [-0.05, 0) is 42.8 Å². The smallest absolute Gasteiger partial charge is 0.171 e. The molecule has 27 heavy (non-hydrogen) atoms. The quantitative estimate of drug-likeness (QED) is 0.531. The van der Waals surface area contributed by atoms with Gasteiger partial charge in [0.25, 0.3) is 0 Å². The second kappa shape index (κ2) is 6.66. The normalized spacial score (nSPS) is 16.9. The van der Waals surface area contributed by atoms with Gasteiger partial charge in [-0.3, -0.25) is 4.98 Å². The third-order valence-corrected chi connectivity index (χ3v) is 5.72. The van der Waals surface area contributed by atoms with Crippen LogP contribution in [0, 0.1) is 0 Å². The van der Waals surface area contributed by atoms with Gasteiger partial charge in [0.1, 0.15) is 17.0 Å². The Kier molecular flexibility index (Phi) is 4.01. The van der Waals surface area contributed by atoms with Gasteiger partial charge in [0.05, 0.1) is 16.9 Å². The molecule has 134 valence electrons. The van der Waals surface area contributed by atoms with Crippen LogP contribution in [-0.4, -0.2) is 39.2 Å². The van der Waals surface area contributed by atoms with Crippen LogP contribution in [0.25, 0.3) is 32.2 Å². The molecule has 0 saturated carbocycles. The fourth-order valence-corrected chi connectivity index (χ4v) is 4.14. The van der Waals surface area contributed by atoms with Crippen molar-refractivity contribution < 1.29 is 4.39 Å². The number of halogens is 1. The molecule has 0 bridgehead atoms. The van der Waals surface area contributed by atoms with Crippen LogP contribution in [0.15, 0.2) is 55.0 Å². The average molecular weight is 377 g/mol. The molecule has 5 heterocycles. The largest absolute Gasteiger partial charge is 0.354 e. The van der Waals surface area contributed by atoms with E-state index in [0.717, 1.165) is 44.5 Å². The lowest BCUT2D eigenvalue weighted by atomic mass is 10.2. The van der Waals surface area contributed by atoms with Crippen LogP contribution in [0.1, 0.15) is 6.42 Å². The summed E-state index contributed by atoms with van der Waals surface area (Å²) >= 11 is 1.59. The van der Waals surface area contributed by atoms with E-state index in [1.807, 2.05) is 41.3 Å². The summed E-state index contributed by atoms with van der Waals surface area (Å²) in [6.07, 6.45) is 5.17. The highest BCUT2D eigenvalue weighted by atomic mass is 32.1. The minimum absolute atomic E-state index is 0.425. The molecule has 7 heteroatoms. The van der Waals surface area contributed by atoms with Crippen molar-refractivity contribution in [3.8, 4) is 21.8 Å². The van der Waals surface area contributed by atoms with Crippen molar-refractivity contribution in [2.75, 3.05) is 18.0 Å². The van der Waals surface area contributed by atoms with Crippen LogP contribution in [0.3, 0.4) is 0 Å². The lowest BCUT2D eigenvalue weighted by molar-refractivity contribution is 0.364. The molecular weight excluding hydrogens is 361 g/mol. The van der Waals surface area contributed by atoms with Gasteiger partial charge in [-0.25, -0.2) is 19.3 Å². The topological polar surface area (TPSA) is 54.8 Å². The summed E-state index contributed by atoms with van der Waals surface area (Å²) in [5, 5.41) is 0.879. The van der Waals surface area contributed by atoms with Crippen molar-refractivity contribution in [2.24, 2.45) is 0 Å². The lowest BCUT2D eigenvalue weighted by Gasteiger charge is -2.15. The highest BCUT2D eigenvalue weighted by Crippen LogP contribution is 2.31. The number of rotatable bonds is 3. The first kappa shape index (κ1) is 16.3. The van der Waals surface area contributed by atoms with Gasteiger partial charge in [-0.15, -0.1) is 11.3 Å². The van der Waals surface area contributed by atoms with E-state index in [1.54, 1.807) is 29.9 Å². The zero-order valence-corrected chi connectivity index (χ0v) is 15.2. The zero-order valence-electron chi connectivity index (χ0n) is 14.4. The number of aromatic nitrogens is 4. The Morgan fingerprint density at radius 2 is 2.00 bits per heavy atom. The predicted molar refractivity (Wildman–Crippen MR) is 106 cm³/mol. The molecule has 5 rings (SSSR count). The number of hydrogen-bond acceptors (Lipinski definition) is 6. The molecule has 0 aliphatic carbocycles. The van der Waals surface area contributed by atoms with Crippen molar-refractivity contribution in [2.45, 2.75) is 12.6 Å². The molecule has 0 unspecified atom stereocenters.